The molecule has 0 aromatic rings. The Morgan fingerprint density at radius 3 is 1.04 bits per heavy atom. The molecule has 0 aliphatic heterocycles. The molecule has 0 aliphatic carbocycles. The maximum absolute atomic E-state index is 8.39. The molecule has 0 bridgehead atoms. The number of methoxy groups -OCH3 is 2. The van der Waals surface area contributed by atoms with Gasteiger partial charge in [0, 0.05) is 38.9 Å². The molecule has 0 radical (unpaired) electrons. The Morgan fingerprint density at radius 2 is 0.800 bits per heavy atom. The largest absolute Gasteiger partial charge is 0.394 e. The molecule has 0 aromatic heterocycles. The lowest BCUT2D eigenvalue weighted by Gasteiger charge is -2.05. The van der Waals surface area contributed by atoms with Gasteiger partial charge in [0.1, 0.15) is 0 Å². The maximum atomic E-state index is 8.39. The van der Waals surface area contributed by atoms with Gasteiger partial charge in [-0.3, -0.25) is 0 Å². The molecule has 0 aromatic carbocycles. The van der Waals surface area contributed by atoms with Crippen LogP contribution < -0.4 is 0 Å². The number of ether oxygens (including phenoxy) is 5. The van der Waals surface area contributed by atoms with Crippen molar-refractivity contribution in [2.24, 2.45) is 0 Å². The first-order valence-corrected chi connectivity index (χ1v) is 16.0. The van der Waals surface area contributed by atoms with E-state index in [0.29, 0.717) is 46.2 Å². The summed E-state index contributed by atoms with van der Waals surface area (Å²) in [6.07, 6.45) is 0. The Labute approximate surface area is 160 Å². The van der Waals surface area contributed by atoms with E-state index in [-0.39, 0.29) is 24.2 Å². The van der Waals surface area contributed by atoms with Gasteiger partial charge in [0.05, 0.1) is 52.9 Å². The second-order valence-electron chi connectivity index (χ2n) is 6.43. The lowest BCUT2D eigenvalue weighted by molar-refractivity contribution is -0.000973. The normalized spacial score (nSPS) is 9.60. The highest BCUT2D eigenvalue weighted by molar-refractivity contribution is 6.54. The van der Waals surface area contributed by atoms with E-state index < -0.39 is 0 Å². The van der Waals surface area contributed by atoms with Crippen LogP contribution in [0.25, 0.3) is 0 Å². The minimum Gasteiger partial charge on any atom is -0.394 e. The van der Waals surface area contributed by atoms with Crippen molar-refractivity contribution in [3.8, 4) is 0 Å². The summed E-state index contributed by atoms with van der Waals surface area (Å²) < 4.78 is 24.4. The smallest absolute Gasteiger partial charge is 0.0701 e. The minimum atomic E-state index is -0.139. The molecule has 0 atom stereocenters. The molecule has 0 aliphatic rings. The van der Waals surface area contributed by atoms with E-state index in [1.807, 2.05) is 0 Å². The zero-order valence-electron chi connectivity index (χ0n) is 18.3. The summed E-state index contributed by atoms with van der Waals surface area (Å²) in [7, 11) is 4.61. The fourth-order valence-corrected chi connectivity index (χ4v) is 0.749. The van der Waals surface area contributed by atoms with Crippen molar-refractivity contribution < 1.29 is 28.8 Å². The molecule has 0 heterocycles. The van der Waals surface area contributed by atoms with Gasteiger partial charge in [-0.05, 0) is 0 Å². The molecule has 0 spiro atoms. The molecule has 0 saturated carbocycles. The molecule has 0 saturated heterocycles. The zero-order chi connectivity index (χ0) is 20.3. The molecule has 158 valence electrons. The quantitative estimate of drug-likeness (QED) is 0.422. The van der Waals surface area contributed by atoms with Crippen molar-refractivity contribution in [2.45, 2.75) is 39.3 Å². The molecular weight excluding hydrogens is 356 g/mol. The van der Waals surface area contributed by atoms with Gasteiger partial charge in [-0.15, -0.1) is 0 Å². The van der Waals surface area contributed by atoms with Crippen LogP contribution in [0.5, 0.6) is 0 Å². The van der Waals surface area contributed by atoms with Crippen LogP contribution in [-0.2, 0) is 23.7 Å². The maximum Gasteiger partial charge on any atom is 0.0701 e. The number of aliphatic hydroxyl groups is 1. The van der Waals surface area contributed by atoms with Crippen LogP contribution in [0.3, 0.4) is 0 Å². The van der Waals surface area contributed by atoms with Crippen LogP contribution in [-0.4, -0.2) is 96.9 Å². The fraction of sp³-hybridized carbons (Fsp3) is 1.00. The fourth-order valence-electron chi connectivity index (χ4n) is 0.749. The summed E-state index contributed by atoms with van der Waals surface area (Å²) in [5.41, 5.74) is 0. The Balaban J connectivity index is -0.000000164. The first-order chi connectivity index (χ1) is 11.8. The summed E-state index contributed by atoms with van der Waals surface area (Å²) >= 11 is 0. The Bertz CT molecular complexity index is 163. The van der Waals surface area contributed by atoms with Crippen molar-refractivity contribution >= 4 is 17.6 Å². The standard InChI is InChI=1S/C9H20O5.2C3H10Si.C2H6O/c1-11-4-5-13-8-9-14-7-6-12-3-2-10;2*1-4(2)3;1-3-2/h10H,2-9H2,1H3;2*4H,1-3H3;1-2H3. The number of aliphatic hydroxyl groups excluding tert-OH is 1. The predicted octanol–water partition coefficient (Wildman–Crippen LogP) is 2.14. The average molecular weight is 403 g/mol. The highest BCUT2D eigenvalue weighted by atomic mass is 28.3. The summed E-state index contributed by atoms with van der Waals surface area (Å²) in [6, 6.07) is 0. The van der Waals surface area contributed by atoms with Crippen molar-refractivity contribution in [3.05, 3.63) is 0 Å². The van der Waals surface area contributed by atoms with Crippen molar-refractivity contribution in [2.75, 3.05) is 74.2 Å². The van der Waals surface area contributed by atoms with Crippen LogP contribution >= 0.6 is 0 Å². The van der Waals surface area contributed by atoms with E-state index in [1.54, 1.807) is 21.3 Å². The lowest BCUT2D eigenvalue weighted by Crippen LogP contribution is -2.12. The van der Waals surface area contributed by atoms with Crippen LogP contribution in [0.15, 0.2) is 0 Å². The van der Waals surface area contributed by atoms with Gasteiger partial charge in [0.15, 0.2) is 0 Å². The van der Waals surface area contributed by atoms with Crippen molar-refractivity contribution in [1.82, 2.24) is 0 Å². The minimum absolute atomic E-state index is 0.0557. The van der Waals surface area contributed by atoms with E-state index in [0.717, 1.165) is 0 Å². The molecule has 25 heavy (non-hydrogen) atoms. The SMILES string of the molecule is COC.COCCOCCOCCOCCO.C[SiH](C)C.C[SiH](C)C. The summed E-state index contributed by atoms with van der Waals surface area (Å²) in [5.74, 6) is 0. The second-order valence-corrected chi connectivity index (χ2v) is 13.4. The third-order valence-corrected chi connectivity index (χ3v) is 1.41. The first-order valence-electron chi connectivity index (χ1n) is 9.03. The van der Waals surface area contributed by atoms with Crippen LogP contribution in [0.4, 0.5) is 0 Å². The highest BCUT2D eigenvalue weighted by Gasteiger charge is 1.90. The highest BCUT2D eigenvalue weighted by Crippen LogP contribution is 1.81. The van der Waals surface area contributed by atoms with Gasteiger partial charge in [0.2, 0.25) is 0 Å². The van der Waals surface area contributed by atoms with Crippen LogP contribution in [0, 0.1) is 0 Å². The molecule has 1 N–H and O–H groups in total. The van der Waals surface area contributed by atoms with Crippen LogP contribution in [0.1, 0.15) is 0 Å². The topological polar surface area (TPSA) is 66.4 Å². The number of hydrogen-bond acceptors (Lipinski definition) is 6. The average Bonchev–Trinajstić information content (AvgIpc) is 2.49. The van der Waals surface area contributed by atoms with E-state index in [2.05, 4.69) is 44.0 Å². The van der Waals surface area contributed by atoms with Gasteiger partial charge >= 0.3 is 0 Å². The van der Waals surface area contributed by atoms with Crippen molar-refractivity contribution in [1.29, 1.82) is 0 Å². The summed E-state index contributed by atoms with van der Waals surface area (Å²) in [5, 5.41) is 8.39. The molecule has 0 fully saturated rings. The van der Waals surface area contributed by atoms with Gasteiger partial charge in [-0.1, -0.05) is 39.3 Å². The second kappa shape index (κ2) is 35.3. The van der Waals surface area contributed by atoms with E-state index in [1.165, 1.54) is 0 Å². The van der Waals surface area contributed by atoms with Crippen molar-refractivity contribution in [3.63, 3.8) is 0 Å². The number of hydrogen-bond donors (Lipinski definition) is 1. The lowest BCUT2D eigenvalue weighted by atomic mass is 10.7. The first kappa shape index (κ1) is 32.8. The summed E-state index contributed by atoms with van der Waals surface area (Å²) in [6.45, 7) is 17.6. The molecule has 0 rings (SSSR count). The summed E-state index contributed by atoms with van der Waals surface area (Å²) in [4.78, 5) is 0. The van der Waals surface area contributed by atoms with Crippen LogP contribution in [0.2, 0.25) is 39.3 Å². The van der Waals surface area contributed by atoms with Gasteiger partial charge in [-0.2, -0.15) is 0 Å². The third-order valence-electron chi connectivity index (χ3n) is 1.41. The Kier molecular flexibility index (Phi) is 46.4. The van der Waals surface area contributed by atoms with Gasteiger partial charge in [0.25, 0.3) is 0 Å². The van der Waals surface area contributed by atoms with Gasteiger partial charge < -0.3 is 28.8 Å². The van der Waals surface area contributed by atoms with E-state index in [4.69, 9.17) is 24.1 Å². The monoisotopic (exact) mass is 402 g/mol. The zero-order valence-corrected chi connectivity index (χ0v) is 20.6. The number of rotatable bonds is 11. The van der Waals surface area contributed by atoms with Gasteiger partial charge in [-0.25, -0.2) is 0 Å². The van der Waals surface area contributed by atoms with E-state index >= 15 is 0 Å². The molecule has 6 nitrogen and oxygen atoms in total. The molecular formula is C17H46O6Si2. The van der Waals surface area contributed by atoms with E-state index in [9.17, 15) is 0 Å². The third kappa shape index (κ3) is 95.1. The Morgan fingerprint density at radius 1 is 0.560 bits per heavy atom. The Hall–Kier alpha value is 0.194. The predicted molar refractivity (Wildman–Crippen MR) is 114 cm³/mol. The molecule has 0 amide bonds. The molecule has 0 unspecified atom stereocenters. The molecule has 8 heteroatoms.